The molecule has 0 fully saturated rings. The SMILES string of the molecule is C=CCn1c(C(=O)c2cc(C)cc(C)c2)c(CC)c(=O)[nH]c1=O. The van der Waals surface area contributed by atoms with Crippen LogP contribution in [0.1, 0.15) is 39.7 Å². The quantitative estimate of drug-likeness (QED) is 0.679. The van der Waals surface area contributed by atoms with Crippen LogP contribution in [0.15, 0.2) is 40.4 Å². The third-order valence-electron chi connectivity index (χ3n) is 3.66. The van der Waals surface area contributed by atoms with Gasteiger partial charge in [-0.25, -0.2) is 4.79 Å². The Morgan fingerprint density at radius 2 is 1.83 bits per heavy atom. The van der Waals surface area contributed by atoms with Crippen LogP contribution in [-0.2, 0) is 13.0 Å². The zero-order valence-electron chi connectivity index (χ0n) is 13.6. The van der Waals surface area contributed by atoms with Gasteiger partial charge in [0.1, 0.15) is 5.69 Å². The molecular weight excluding hydrogens is 292 g/mol. The Kier molecular flexibility index (Phi) is 4.79. The molecule has 2 aromatic rings. The molecular formula is C18H20N2O3. The number of aryl methyl sites for hydroxylation is 2. The molecule has 0 radical (unpaired) electrons. The first-order valence-electron chi connectivity index (χ1n) is 7.49. The highest BCUT2D eigenvalue weighted by molar-refractivity contribution is 6.09. The molecule has 0 aliphatic carbocycles. The maximum Gasteiger partial charge on any atom is 0.329 e. The second-order valence-electron chi connectivity index (χ2n) is 5.54. The highest BCUT2D eigenvalue weighted by atomic mass is 16.2. The molecule has 0 aliphatic heterocycles. The van der Waals surface area contributed by atoms with Gasteiger partial charge in [-0.1, -0.05) is 30.2 Å². The fraction of sp³-hybridized carbons (Fsp3) is 0.278. The van der Waals surface area contributed by atoms with Crippen LogP contribution in [-0.4, -0.2) is 15.3 Å². The summed E-state index contributed by atoms with van der Waals surface area (Å²) in [6.07, 6.45) is 1.88. The van der Waals surface area contributed by atoms with Crippen molar-refractivity contribution in [2.75, 3.05) is 0 Å². The van der Waals surface area contributed by atoms with E-state index in [2.05, 4.69) is 11.6 Å². The van der Waals surface area contributed by atoms with Crippen molar-refractivity contribution >= 4 is 5.78 Å². The highest BCUT2D eigenvalue weighted by Crippen LogP contribution is 2.15. The number of H-pyrrole nitrogens is 1. The summed E-state index contributed by atoms with van der Waals surface area (Å²) in [5.74, 6) is -0.321. The molecule has 1 aromatic carbocycles. The summed E-state index contributed by atoms with van der Waals surface area (Å²) in [7, 11) is 0. The summed E-state index contributed by atoms with van der Waals surface area (Å²) in [6.45, 7) is 9.36. The molecule has 1 aromatic heterocycles. The van der Waals surface area contributed by atoms with Crippen molar-refractivity contribution < 1.29 is 4.79 Å². The number of benzene rings is 1. The van der Waals surface area contributed by atoms with Gasteiger partial charge in [-0.2, -0.15) is 0 Å². The Morgan fingerprint density at radius 3 is 2.35 bits per heavy atom. The lowest BCUT2D eigenvalue weighted by Crippen LogP contribution is -2.37. The van der Waals surface area contributed by atoms with Crippen LogP contribution in [0, 0.1) is 13.8 Å². The molecule has 120 valence electrons. The molecule has 23 heavy (non-hydrogen) atoms. The van der Waals surface area contributed by atoms with E-state index in [1.165, 1.54) is 10.6 Å². The van der Waals surface area contributed by atoms with E-state index in [0.717, 1.165) is 11.1 Å². The fourth-order valence-corrected chi connectivity index (χ4v) is 2.75. The van der Waals surface area contributed by atoms with Crippen LogP contribution in [0.4, 0.5) is 0 Å². The second kappa shape index (κ2) is 6.60. The minimum Gasteiger partial charge on any atom is -0.287 e. The molecule has 1 N–H and O–H groups in total. The Morgan fingerprint density at radius 1 is 1.22 bits per heavy atom. The summed E-state index contributed by atoms with van der Waals surface area (Å²) in [5.41, 5.74) is 1.73. The van der Waals surface area contributed by atoms with E-state index in [1.54, 1.807) is 19.1 Å². The van der Waals surface area contributed by atoms with E-state index >= 15 is 0 Å². The van der Waals surface area contributed by atoms with Crippen LogP contribution >= 0.6 is 0 Å². The standard InChI is InChI=1S/C18H20N2O3/c1-5-7-20-15(14(6-2)17(22)19-18(20)23)16(21)13-9-11(3)8-12(4)10-13/h5,8-10H,1,6-7H2,2-4H3,(H,19,22,23). The number of hydrogen-bond donors (Lipinski definition) is 1. The number of nitrogens with zero attached hydrogens (tertiary/aromatic N) is 1. The predicted molar refractivity (Wildman–Crippen MR) is 90.2 cm³/mol. The molecule has 0 atom stereocenters. The van der Waals surface area contributed by atoms with Crippen LogP contribution < -0.4 is 11.2 Å². The molecule has 0 amide bonds. The first-order chi connectivity index (χ1) is 10.9. The van der Waals surface area contributed by atoms with Crippen molar-refractivity contribution in [1.29, 1.82) is 0 Å². The van der Waals surface area contributed by atoms with Crippen LogP contribution in [0.3, 0.4) is 0 Å². The van der Waals surface area contributed by atoms with Gasteiger partial charge in [0.25, 0.3) is 5.56 Å². The van der Waals surface area contributed by atoms with Crippen molar-refractivity contribution in [2.45, 2.75) is 33.7 Å². The average Bonchev–Trinajstić information content (AvgIpc) is 2.48. The first-order valence-corrected chi connectivity index (χ1v) is 7.49. The Hall–Kier alpha value is -2.69. The minimum absolute atomic E-state index is 0.145. The number of hydrogen-bond acceptors (Lipinski definition) is 3. The van der Waals surface area contributed by atoms with Crippen LogP contribution in [0.25, 0.3) is 0 Å². The highest BCUT2D eigenvalue weighted by Gasteiger charge is 2.21. The van der Waals surface area contributed by atoms with Crippen LogP contribution in [0.5, 0.6) is 0 Å². The molecule has 0 spiro atoms. The predicted octanol–water partition coefficient (Wildman–Crippen LogP) is 2.13. The fourth-order valence-electron chi connectivity index (χ4n) is 2.75. The lowest BCUT2D eigenvalue weighted by Gasteiger charge is -2.14. The summed E-state index contributed by atoms with van der Waals surface area (Å²) in [5, 5.41) is 0. The molecule has 1 heterocycles. The maximum atomic E-state index is 13.0. The lowest BCUT2D eigenvalue weighted by atomic mass is 9.99. The second-order valence-corrected chi connectivity index (χ2v) is 5.54. The van der Waals surface area contributed by atoms with Gasteiger partial charge in [0.2, 0.25) is 5.78 Å². The van der Waals surface area contributed by atoms with E-state index in [-0.39, 0.29) is 18.0 Å². The van der Waals surface area contributed by atoms with Gasteiger partial charge < -0.3 is 0 Å². The first kappa shape index (κ1) is 16.7. The average molecular weight is 312 g/mol. The Bertz CT molecular complexity index is 868. The van der Waals surface area contributed by atoms with E-state index in [1.807, 2.05) is 19.9 Å². The van der Waals surface area contributed by atoms with E-state index in [9.17, 15) is 14.4 Å². The molecule has 0 saturated heterocycles. The number of ketones is 1. The van der Waals surface area contributed by atoms with Gasteiger partial charge in [-0.05, 0) is 32.4 Å². The summed E-state index contributed by atoms with van der Waals surface area (Å²) in [4.78, 5) is 39.4. The van der Waals surface area contributed by atoms with Gasteiger partial charge in [0, 0.05) is 17.7 Å². The Labute approximate surface area is 134 Å². The zero-order valence-corrected chi connectivity index (χ0v) is 13.6. The lowest BCUT2D eigenvalue weighted by molar-refractivity contribution is 0.102. The van der Waals surface area contributed by atoms with Crippen molar-refractivity contribution in [3.63, 3.8) is 0 Å². The molecule has 5 heteroatoms. The molecule has 0 saturated carbocycles. The molecule has 0 aliphatic rings. The van der Waals surface area contributed by atoms with Crippen molar-refractivity contribution in [3.8, 4) is 0 Å². The summed E-state index contributed by atoms with van der Waals surface area (Å²) < 4.78 is 1.27. The topological polar surface area (TPSA) is 71.9 Å². The van der Waals surface area contributed by atoms with E-state index < -0.39 is 11.2 Å². The number of carbonyl (C=O) groups excluding carboxylic acids is 1. The van der Waals surface area contributed by atoms with Gasteiger partial charge in [0.05, 0.1) is 0 Å². The Balaban J connectivity index is 2.78. The van der Waals surface area contributed by atoms with Gasteiger partial charge in [-0.15, -0.1) is 6.58 Å². The molecule has 2 rings (SSSR count). The maximum absolute atomic E-state index is 13.0. The number of rotatable bonds is 5. The van der Waals surface area contributed by atoms with Gasteiger partial charge in [0.15, 0.2) is 0 Å². The number of aromatic nitrogens is 2. The van der Waals surface area contributed by atoms with E-state index in [0.29, 0.717) is 17.5 Å². The van der Waals surface area contributed by atoms with Gasteiger partial charge in [-0.3, -0.25) is 19.1 Å². The third kappa shape index (κ3) is 3.23. The van der Waals surface area contributed by atoms with Crippen molar-refractivity contribution in [3.05, 3.63) is 79.6 Å². The summed E-state index contributed by atoms with van der Waals surface area (Å²) >= 11 is 0. The monoisotopic (exact) mass is 312 g/mol. The zero-order chi connectivity index (χ0) is 17.1. The molecule has 0 bridgehead atoms. The third-order valence-corrected chi connectivity index (χ3v) is 3.66. The van der Waals surface area contributed by atoms with Crippen molar-refractivity contribution in [2.24, 2.45) is 0 Å². The number of aromatic amines is 1. The van der Waals surface area contributed by atoms with Crippen molar-refractivity contribution in [1.82, 2.24) is 9.55 Å². The molecule has 5 nitrogen and oxygen atoms in total. The largest absolute Gasteiger partial charge is 0.329 e. The van der Waals surface area contributed by atoms with Crippen LogP contribution in [0.2, 0.25) is 0 Å². The number of nitrogens with one attached hydrogen (secondary N) is 1. The summed E-state index contributed by atoms with van der Waals surface area (Å²) in [6, 6.07) is 5.49. The number of carbonyl (C=O) groups is 1. The molecule has 0 unspecified atom stereocenters. The minimum atomic E-state index is -0.597. The van der Waals surface area contributed by atoms with Gasteiger partial charge >= 0.3 is 5.69 Å². The number of allylic oxidation sites excluding steroid dienone is 1. The van der Waals surface area contributed by atoms with E-state index in [4.69, 9.17) is 0 Å². The smallest absolute Gasteiger partial charge is 0.287 e. The normalized spacial score (nSPS) is 10.6.